The van der Waals surface area contributed by atoms with E-state index < -0.39 is 9.39 Å². The number of nitrogens with zero attached hydrogens (tertiary/aromatic N) is 2. The summed E-state index contributed by atoms with van der Waals surface area (Å²) < 4.78 is 3.74. The summed E-state index contributed by atoms with van der Waals surface area (Å²) in [6, 6.07) is 6.28. The topological polar surface area (TPSA) is 89.3 Å². The predicted molar refractivity (Wildman–Crippen MR) is 112 cm³/mol. The minimum atomic E-state index is -1.64. The molecule has 1 heterocycles. The quantitative estimate of drug-likeness (QED) is 0.445. The molecule has 1 aromatic heterocycles. The minimum absolute atomic E-state index is 0.00232. The van der Waals surface area contributed by atoms with Crippen LogP contribution >= 0.6 is 9.39 Å². The van der Waals surface area contributed by atoms with Gasteiger partial charge in [0.25, 0.3) is 0 Å². The molecule has 25 heavy (non-hydrogen) atoms. The SMILES string of the molecule is C=S(=C)(NC1(C)CCCC1)c1ccc2c(C)cnc(N=C(N)N)c2c1. The average molecular weight is 358 g/mol. The lowest BCUT2D eigenvalue weighted by Crippen LogP contribution is -2.36. The second kappa shape index (κ2) is 6.35. The lowest BCUT2D eigenvalue weighted by atomic mass is 10.0. The van der Waals surface area contributed by atoms with Gasteiger partial charge in [-0.25, -0.2) is 4.98 Å². The molecule has 0 bridgehead atoms. The number of fused-ring (bicyclic) bond motifs is 1. The van der Waals surface area contributed by atoms with Crippen LogP contribution in [0.15, 0.2) is 34.3 Å². The fourth-order valence-electron chi connectivity index (χ4n) is 3.59. The fourth-order valence-corrected chi connectivity index (χ4v) is 5.53. The van der Waals surface area contributed by atoms with Crippen LogP contribution in [0.25, 0.3) is 10.8 Å². The van der Waals surface area contributed by atoms with Crippen molar-refractivity contribution in [1.82, 2.24) is 9.71 Å². The molecule has 1 aromatic carbocycles. The summed E-state index contributed by atoms with van der Waals surface area (Å²) in [7, 11) is -1.64. The maximum atomic E-state index is 5.56. The van der Waals surface area contributed by atoms with Gasteiger partial charge in [-0.1, -0.05) is 30.6 Å². The van der Waals surface area contributed by atoms with Gasteiger partial charge in [-0.2, -0.15) is 4.99 Å². The first-order chi connectivity index (χ1) is 11.7. The number of hydrogen-bond acceptors (Lipinski definition) is 3. The number of benzene rings is 1. The monoisotopic (exact) mass is 357 g/mol. The van der Waals surface area contributed by atoms with Crippen LogP contribution in [-0.4, -0.2) is 28.2 Å². The van der Waals surface area contributed by atoms with E-state index in [0.29, 0.717) is 5.82 Å². The van der Waals surface area contributed by atoms with Gasteiger partial charge >= 0.3 is 0 Å². The largest absolute Gasteiger partial charge is 0.370 e. The standard InChI is InChI=1S/C19H27N5S/c1-13-12-22-17(23-18(20)21)16-11-14(7-8-15(13)16)25(3,4)24-19(2)9-5-6-10-19/h7-8,11-12,24H,3-6,9-10H2,1-2H3,(H4,20,21,22,23). The van der Waals surface area contributed by atoms with E-state index in [1.54, 1.807) is 6.20 Å². The molecule has 2 aromatic rings. The van der Waals surface area contributed by atoms with Crippen LogP contribution in [0.4, 0.5) is 5.82 Å². The van der Waals surface area contributed by atoms with E-state index in [1.165, 1.54) is 25.7 Å². The van der Waals surface area contributed by atoms with E-state index in [0.717, 1.165) is 21.2 Å². The summed E-state index contributed by atoms with van der Waals surface area (Å²) in [4.78, 5) is 9.64. The van der Waals surface area contributed by atoms with Crippen molar-refractivity contribution < 1.29 is 0 Å². The van der Waals surface area contributed by atoms with E-state index in [-0.39, 0.29) is 11.5 Å². The van der Waals surface area contributed by atoms with Crippen LogP contribution in [0.3, 0.4) is 0 Å². The van der Waals surface area contributed by atoms with Crippen LogP contribution in [0.2, 0.25) is 0 Å². The van der Waals surface area contributed by atoms with Gasteiger partial charge in [-0.3, -0.25) is 4.72 Å². The van der Waals surface area contributed by atoms with Crippen LogP contribution in [-0.2, 0) is 0 Å². The maximum Gasteiger partial charge on any atom is 0.192 e. The highest BCUT2D eigenvalue weighted by Gasteiger charge is 2.29. The first-order valence-corrected chi connectivity index (χ1v) is 10.4. The smallest absolute Gasteiger partial charge is 0.192 e. The van der Waals surface area contributed by atoms with Crippen LogP contribution in [0, 0.1) is 6.92 Å². The summed E-state index contributed by atoms with van der Waals surface area (Å²) in [5, 5.41) is 2.01. The molecule has 0 aliphatic heterocycles. The highest BCUT2D eigenvalue weighted by Crippen LogP contribution is 2.39. The second-order valence-corrected chi connectivity index (χ2v) is 9.70. The molecule has 1 saturated carbocycles. The number of aryl methyl sites for hydroxylation is 1. The highest BCUT2D eigenvalue weighted by atomic mass is 32.2. The lowest BCUT2D eigenvalue weighted by Gasteiger charge is -2.31. The van der Waals surface area contributed by atoms with Crippen molar-refractivity contribution >= 4 is 43.7 Å². The highest BCUT2D eigenvalue weighted by molar-refractivity contribution is 8.26. The van der Waals surface area contributed by atoms with Crippen molar-refractivity contribution in [3.63, 3.8) is 0 Å². The van der Waals surface area contributed by atoms with Gasteiger partial charge in [0, 0.05) is 22.0 Å². The molecule has 0 spiro atoms. The first kappa shape index (κ1) is 17.8. The normalized spacial score (nSPS) is 16.9. The molecule has 0 saturated heterocycles. The molecule has 0 radical (unpaired) electrons. The molecule has 1 aliphatic carbocycles. The Morgan fingerprint density at radius 1 is 1.24 bits per heavy atom. The van der Waals surface area contributed by atoms with Crippen molar-refractivity contribution in [3.8, 4) is 0 Å². The zero-order chi connectivity index (χ0) is 18.2. The zero-order valence-electron chi connectivity index (χ0n) is 15.0. The predicted octanol–water partition coefficient (Wildman–Crippen LogP) is 3.31. The summed E-state index contributed by atoms with van der Waals surface area (Å²) in [5.74, 6) is 9.38. The Balaban J connectivity index is 2.09. The maximum absolute atomic E-state index is 5.56. The molecule has 3 rings (SSSR count). The Bertz CT molecular complexity index is 934. The molecule has 134 valence electrons. The molecule has 1 aliphatic rings. The van der Waals surface area contributed by atoms with Gasteiger partial charge in [-0.15, -0.1) is 9.39 Å². The van der Waals surface area contributed by atoms with Crippen molar-refractivity contribution in [3.05, 3.63) is 30.0 Å². The number of aliphatic imine (C=N–C) groups is 1. The molecule has 6 heteroatoms. The third-order valence-corrected chi connectivity index (χ3v) is 6.91. The van der Waals surface area contributed by atoms with Crippen LogP contribution in [0.1, 0.15) is 38.2 Å². The number of pyridine rings is 1. The Kier molecular flexibility index (Phi) is 4.51. The number of nitrogens with one attached hydrogen (secondary N) is 1. The minimum Gasteiger partial charge on any atom is -0.370 e. The molecule has 0 atom stereocenters. The van der Waals surface area contributed by atoms with Gasteiger partial charge in [0.1, 0.15) is 0 Å². The van der Waals surface area contributed by atoms with E-state index >= 15 is 0 Å². The molecular formula is C19H27N5S. The van der Waals surface area contributed by atoms with Gasteiger partial charge in [0.05, 0.1) is 0 Å². The molecular weight excluding hydrogens is 330 g/mol. The van der Waals surface area contributed by atoms with Gasteiger partial charge < -0.3 is 11.5 Å². The third-order valence-electron chi connectivity index (χ3n) is 4.87. The zero-order valence-corrected chi connectivity index (χ0v) is 15.8. The third kappa shape index (κ3) is 3.65. The summed E-state index contributed by atoms with van der Waals surface area (Å²) in [5.41, 5.74) is 12.3. The van der Waals surface area contributed by atoms with Crippen molar-refractivity contribution in [2.45, 2.75) is 50.0 Å². The summed E-state index contributed by atoms with van der Waals surface area (Å²) in [6.45, 7) is 4.30. The summed E-state index contributed by atoms with van der Waals surface area (Å²) in [6.07, 6.45) is 6.64. The number of rotatable bonds is 4. The van der Waals surface area contributed by atoms with E-state index in [2.05, 4.69) is 51.6 Å². The summed E-state index contributed by atoms with van der Waals surface area (Å²) >= 11 is 0. The molecule has 5 nitrogen and oxygen atoms in total. The van der Waals surface area contributed by atoms with Crippen LogP contribution in [0.5, 0.6) is 0 Å². The lowest BCUT2D eigenvalue weighted by molar-refractivity contribution is 0.450. The van der Waals surface area contributed by atoms with Gasteiger partial charge in [0.2, 0.25) is 0 Å². The van der Waals surface area contributed by atoms with Crippen LogP contribution < -0.4 is 16.2 Å². The van der Waals surface area contributed by atoms with Gasteiger partial charge in [-0.05, 0) is 49.8 Å². The first-order valence-electron chi connectivity index (χ1n) is 8.48. The van der Waals surface area contributed by atoms with Crippen molar-refractivity contribution in [1.29, 1.82) is 0 Å². The number of nitrogens with two attached hydrogens (primary N) is 2. The van der Waals surface area contributed by atoms with E-state index in [4.69, 9.17) is 11.5 Å². The Morgan fingerprint density at radius 3 is 2.56 bits per heavy atom. The molecule has 0 amide bonds. The number of hydrogen-bond donors (Lipinski definition) is 3. The van der Waals surface area contributed by atoms with Crippen molar-refractivity contribution in [2.75, 3.05) is 0 Å². The second-order valence-electron chi connectivity index (χ2n) is 7.26. The Labute approximate surface area is 150 Å². The van der Waals surface area contributed by atoms with E-state index in [1.807, 2.05) is 6.92 Å². The van der Waals surface area contributed by atoms with Crippen molar-refractivity contribution in [2.24, 2.45) is 16.5 Å². The molecule has 5 N–H and O–H groups in total. The van der Waals surface area contributed by atoms with E-state index in [9.17, 15) is 0 Å². The van der Waals surface area contributed by atoms with Gasteiger partial charge in [0.15, 0.2) is 11.8 Å². The Hall–Kier alpha value is -2.05. The number of aromatic nitrogens is 1. The Morgan fingerprint density at radius 2 is 1.92 bits per heavy atom. The molecule has 0 unspecified atom stereocenters. The fraction of sp³-hybridized carbons (Fsp3) is 0.368. The average Bonchev–Trinajstić information content (AvgIpc) is 2.95. The number of guanidine groups is 1. The molecule has 1 fully saturated rings.